The van der Waals surface area contributed by atoms with Gasteiger partial charge in [-0.3, -0.25) is 24.3 Å². The van der Waals surface area contributed by atoms with Gasteiger partial charge in [0, 0.05) is 68.9 Å². The fourth-order valence-electron chi connectivity index (χ4n) is 4.54. The van der Waals surface area contributed by atoms with Crippen molar-refractivity contribution >= 4 is 22.6 Å². The second-order valence-electron chi connectivity index (χ2n) is 8.70. The van der Waals surface area contributed by atoms with Gasteiger partial charge < -0.3 is 9.84 Å². The minimum atomic E-state index is -0.468. The molecule has 7 nitrogen and oxygen atoms in total. The standard InChI is InChI=1S/C25H33N3O4/c1-2-3-16-32-18-20(29)17-27-12-10-26(11-13-27)14-15-28-24(30)21-8-4-6-19-7-5-9-22(23(19)21)25(28)31/h4-9,20,29H,2-3,10-18H2,1H3. The highest BCUT2D eigenvalue weighted by Gasteiger charge is 2.32. The summed E-state index contributed by atoms with van der Waals surface area (Å²) in [6.07, 6.45) is 1.65. The molecule has 0 aliphatic carbocycles. The van der Waals surface area contributed by atoms with E-state index in [9.17, 15) is 14.7 Å². The van der Waals surface area contributed by atoms with Crippen LogP contribution >= 0.6 is 0 Å². The van der Waals surface area contributed by atoms with E-state index in [1.54, 1.807) is 0 Å². The Morgan fingerprint density at radius 2 is 1.56 bits per heavy atom. The molecule has 7 heteroatoms. The zero-order valence-corrected chi connectivity index (χ0v) is 18.8. The molecule has 2 aliphatic rings. The summed E-state index contributed by atoms with van der Waals surface area (Å²) in [5.74, 6) is -0.409. The maximum Gasteiger partial charge on any atom is 0.261 e. The van der Waals surface area contributed by atoms with Crippen LogP contribution in [0.5, 0.6) is 0 Å². The van der Waals surface area contributed by atoms with Crippen LogP contribution in [0.1, 0.15) is 40.5 Å². The number of carbonyl (C=O) groups excluding carboxylic acids is 2. The minimum absolute atomic E-state index is 0.205. The van der Waals surface area contributed by atoms with Crippen LogP contribution in [-0.4, -0.2) is 96.8 Å². The predicted octanol–water partition coefficient (Wildman–Crippen LogP) is 2.23. The summed E-state index contributed by atoms with van der Waals surface area (Å²) in [6.45, 7) is 8.29. The number of amides is 2. The molecular formula is C25H33N3O4. The first-order chi connectivity index (χ1) is 15.6. The zero-order valence-electron chi connectivity index (χ0n) is 18.8. The molecule has 2 aliphatic heterocycles. The molecule has 0 radical (unpaired) electrons. The average Bonchev–Trinajstić information content (AvgIpc) is 2.81. The number of unbranched alkanes of at least 4 members (excludes halogenated alkanes) is 1. The highest BCUT2D eigenvalue weighted by atomic mass is 16.5. The van der Waals surface area contributed by atoms with E-state index in [1.165, 1.54) is 4.90 Å². The molecule has 0 saturated carbocycles. The van der Waals surface area contributed by atoms with Gasteiger partial charge in [-0.2, -0.15) is 0 Å². The van der Waals surface area contributed by atoms with Gasteiger partial charge in [0.1, 0.15) is 0 Å². The van der Waals surface area contributed by atoms with Gasteiger partial charge in [0.2, 0.25) is 0 Å². The maximum atomic E-state index is 13.0. The van der Waals surface area contributed by atoms with Crippen molar-refractivity contribution in [3.05, 3.63) is 47.5 Å². The predicted molar refractivity (Wildman–Crippen MR) is 124 cm³/mol. The Morgan fingerprint density at radius 1 is 0.938 bits per heavy atom. The zero-order chi connectivity index (χ0) is 22.5. The van der Waals surface area contributed by atoms with Gasteiger partial charge in [0.25, 0.3) is 11.8 Å². The Bertz CT molecular complexity index is 905. The number of ether oxygens (including phenoxy) is 1. The first-order valence-corrected chi connectivity index (χ1v) is 11.7. The number of rotatable bonds is 10. The molecule has 4 rings (SSSR count). The summed E-state index contributed by atoms with van der Waals surface area (Å²) >= 11 is 0. The van der Waals surface area contributed by atoms with Gasteiger partial charge >= 0.3 is 0 Å². The van der Waals surface area contributed by atoms with Crippen LogP contribution in [-0.2, 0) is 4.74 Å². The number of nitrogens with zero attached hydrogens (tertiary/aromatic N) is 3. The lowest BCUT2D eigenvalue weighted by molar-refractivity contribution is 0.00592. The van der Waals surface area contributed by atoms with E-state index in [2.05, 4.69) is 16.7 Å². The molecule has 2 aromatic carbocycles. The summed E-state index contributed by atoms with van der Waals surface area (Å²) in [4.78, 5) is 32.0. The van der Waals surface area contributed by atoms with E-state index in [-0.39, 0.29) is 11.8 Å². The lowest BCUT2D eigenvalue weighted by Gasteiger charge is -2.36. The van der Waals surface area contributed by atoms with Gasteiger partial charge in [-0.05, 0) is 23.9 Å². The molecule has 32 heavy (non-hydrogen) atoms. The lowest BCUT2D eigenvalue weighted by Crippen LogP contribution is -2.51. The third-order valence-corrected chi connectivity index (χ3v) is 6.38. The fraction of sp³-hybridized carbons (Fsp3) is 0.520. The molecule has 0 aromatic heterocycles. The highest BCUT2D eigenvalue weighted by molar-refractivity contribution is 6.25. The first-order valence-electron chi connectivity index (χ1n) is 11.7. The molecule has 1 unspecified atom stereocenters. The van der Waals surface area contributed by atoms with Crippen molar-refractivity contribution in [1.82, 2.24) is 14.7 Å². The molecule has 2 amide bonds. The van der Waals surface area contributed by atoms with Gasteiger partial charge in [0.05, 0.1) is 12.7 Å². The van der Waals surface area contributed by atoms with Crippen LogP contribution in [0, 0.1) is 0 Å². The van der Waals surface area contributed by atoms with Crippen LogP contribution < -0.4 is 0 Å². The summed E-state index contributed by atoms with van der Waals surface area (Å²) in [6, 6.07) is 11.2. The van der Waals surface area contributed by atoms with Crippen molar-refractivity contribution in [3.8, 4) is 0 Å². The van der Waals surface area contributed by atoms with Crippen LogP contribution in [0.4, 0.5) is 0 Å². The third kappa shape index (κ3) is 5.02. The Hall–Kier alpha value is -2.32. The Balaban J connectivity index is 1.26. The van der Waals surface area contributed by atoms with Crippen LogP contribution in [0.25, 0.3) is 10.8 Å². The first kappa shape index (κ1) is 22.9. The minimum Gasteiger partial charge on any atom is -0.389 e. The third-order valence-electron chi connectivity index (χ3n) is 6.38. The molecule has 0 bridgehead atoms. The summed E-state index contributed by atoms with van der Waals surface area (Å²) in [7, 11) is 0. The van der Waals surface area contributed by atoms with Crippen molar-refractivity contribution < 1.29 is 19.4 Å². The van der Waals surface area contributed by atoms with E-state index in [4.69, 9.17) is 4.74 Å². The highest BCUT2D eigenvalue weighted by Crippen LogP contribution is 2.29. The molecule has 1 fully saturated rings. The smallest absolute Gasteiger partial charge is 0.261 e. The van der Waals surface area contributed by atoms with Gasteiger partial charge in [-0.15, -0.1) is 0 Å². The lowest BCUT2D eigenvalue weighted by atomic mass is 9.94. The quantitative estimate of drug-likeness (QED) is 0.452. The van der Waals surface area contributed by atoms with Crippen LogP contribution in [0.3, 0.4) is 0 Å². The van der Waals surface area contributed by atoms with E-state index in [0.717, 1.165) is 49.8 Å². The second kappa shape index (κ2) is 10.5. The van der Waals surface area contributed by atoms with Crippen molar-refractivity contribution in [2.24, 2.45) is 0 Å². The van der Waals surface area contributed by atoms with Gasteiger partial charge in [-0.25, -0.2) is 0 Å². The number of hydrogen-bond donors (Lipinski definition) is 1. The van der Waals surface area contributed by atoms with E-state index < -0.39 is 6.10 Å². The average molecular weight is 440 g/mol. The van der Waals surface area contributed by atoms with Gasteiger partial charge in [-0.1, -0.05) is 37.6 Å². The molecule has 1 atom stereocenters. The monoisotopic (exact) mass is 439 g/mol. The summed E-state index contributed by atoms with van der Waals surface area (Å²) < 4.78 is 5.51. The topological polar surface area (TPSA) is 73.3 Å². The molecule has 2 aromatic rings. The normalized spacial score (nSPS) is 18.5. The van der Waals surface area contributed by atoms with E-state index in [1.807, 2.05) is 36.4 Å². The van der Waals surface area contributed by atoms with E-state index in [0.29, 0.717) is 44.0 Å². The number of carbonyl (C=O) groups is 2. The maximum absolute atomic E-state index is 13.0. The number of imide groups is 1. The largest absolute Gasteiger partial charge is 0.389 e. The second-order valence-corrected chi connectivity index (χ2v) is 8.70. The molecule has 1 saturated heterocycles. The molecule has 0 spiro atoms. The number of aliphatic hydroxyl groups is 1. The van der Waals surface area contributed by atoms with Crippen molar-refractivity contribution in [2.45, 2.75) is 25.9 Å². The van der Waals surface area contributed by atoms with Crippen LogP contribution in [0.2, 0.25) is 0 Å². The Labute approximate surface area is 189 Å². The van der Waals surface area contributed by atoms with Crippen molar-refractivity contribution in [2.75, 3.05) is 59.0 Å². The summed E-state index contributed by atoms with van der Waals surface area (Å²) in [5, 5.41) is 11.9. The molecule has 1 N–H and O–H groups in total. The molecule has 2 heterocycles. The number of β-amino-alcohol motifs (C(OH)–C–C–N with tert-alkyl or cyclic N) is 1. The van der Waals surface area contributed by atoms with Gasteiger partial charge in [0.15, 0.2) is 0 Å². The molecular weight excluding hydrogens is 406 g/mol. The SMILES string of the molecule is CCCCOCC(O)CN1CCN(CCN2C(=O)c3cccc4cccc(c34)C2=O)CC1. The summed E-state index contributed by atoms with van der Waals surface area (Å²) in [5.41, 5.74) is 1.22. The Morgan fingerprint density at radius 3 is 2.19 bits per heavy atom. The molecule has 172 valence electrons. The van der Waals surface area contributed by atoms with E-state index >= 15 is 0 Å². The van der Waals surface area contributed by atoms with Crippen molar-refractivity contribution in [1.29, 1.82) is 0 Å². The number of aliphatic hydroxyl groups excluding tert-OH is 1. The van der Waals surface area contributed by atoms with Crippen LogP contribution in [0.15, 0.2) is 36.4 Å². The fourth-order valence-corrected chi connectivity index (χ4v) is 4.54. The number of benzene rings is 2. The van der Waals surface area contributed by atoms with Crippen molar-refractivity contribution in [3.63, 3.8) is 0 Å². The Kier molecular flexibility index (Phi) is 7.52. The number of hydrogen-bond acceptors (Lipinski definition) is 6. The number of piperazine rings is 1.